The zero-order valence-electron chi connectivity index (χ0n) is 76.3. The van der Waals surface area contributed by atoms with Crippen molar-refractivity contribution in [2.75, 3.05) is 149 Å². The van der Waals surface area contributed by atoms with Gasteiger partial charge in [-0.1, -0.05) is 0 Å². The summed E-state index contributed by atoms with van der Waals surface area (Å²) in [5.74, 6) is -7.93. The molecule has 3 unspecified atom stereocenters. The zero-order chi connectivity index (χ0) is 97.1. The number of carbonyl (C=O) groups is 7. The number of halogens is 3. The lowest BCUT2D eigenvalue weighted by molar-refractivity contribution is -0.134. The number of benzene rings is 3. The second kappa shape index (κ2) is 41.4. The van der Waals surface area contributed by atoms with Gasteiger partial charge in [0.15, 0.2) is 47.9 Å². The van der Waals surface area contributed by atoms with Gasteiger partial charge in [-0.3, -0.25) is 42.2 Å². The molecule has 6 heterocycles. The molecular formula is C83H116F3N11O30P4. The molecule has 3 aromatic carbocycles. The summed E-state index contributed by atoms with van der Waals surface area (Å²) in [6.45, 7) is 23.2. The van der Waals surface area contributed by atoms with Crippen LogP contribution in [0.3, 0.4) is 0 Å². The number of nitrogens with one attached hydrogen (secondary N) is 1. The van der Waals surface area contributed by atoms with Crippen molar-refractivity contribution in [3.63, 3.8) is 0 Å². The third kappa shape index (κ3) is 23.2. The van der Waals surface area contributed by atoms with Gasteiger partial charge in [0, 0.05) is 128 Å². The van der Waals surface area contributed by atoms with Crippen LogP contribution in [0.2, 0.25) is 0 Å². The van der Waals surface area contributed by atoms with Gasteiger partial charge in [-0.15, -0.1) is 0 Å². The van der Waals surface area contributed by atoms with Crippen LogP contribution in [0.15, 0.2) is 51.2 Å². The van der Waals surface area contributed by atoms with Crippen LogP contribution in [0.1, 0.15) is 178 Å². The van der Waals surface area contributed by atoms with E-state index in [1.54, 1.807) is 74.8 Å². The largest absolute Gasteiger partial charge is 0.492 e. The molecule has 6 aliphatic rings. The lowest BCUT2D eigenvalue weighted by atomic mass is 10.1. The number of aromatic carboxylic acids is 1. The maximum absolute atomic E-state index is 16.2. The normalized spacial score (nSPS) is 17.7. The van der Waals surface area contributed by atoms with Crippen molar-refractivity contribution in [1.29, 1.82) is 0 Å². The van der Waals surface area contributed by atoms with Gasteiger partial charge in [-0.2, -0.15) is 0 Å². The average Bonchev–Trinajstić information content (AvgIpc) is 0.842. The van der Waals surface area contributed by atoms with Crippen LogP contribution in [-0.2, 0) is 64.9 Å². The fraction of sp³-hybridized carbons (Fsp3) is 0.590. The molecule has 131 heavy (non-hydrogen) atoms. The summed E-state index contributed by atoms with van der Waals surface area (Å²) in [6.07, 6.45) is 7.48. The third-order valence-electron chi connectivity index (χ3n) is 22.1. The van der Waals surface area contributed by atoms with Crippen molar-refractivity contribution in [3.05, 3.63) is 102 Å². The number of amides is 4. The lowest BCUT2D eigenvalue weighted by Crippen LogP contribution is -2.55. The molecule has 0 spiro atoms. The Morgan fingerprint density at radius 1 is 0.481 bits per heavy atom. The summed E-state index contributed by atoms with van der Waals surface area (Å²) in [6, 6.07) is 2.40. The Hall–Kier alpha value is -9.67. The quantitative estimate of drug-likeness (QED) is 0.0139. The third-order valence-corrected chi connectivity index (χ3v) is 31.8. The van der Waals surface area contributed by atoms with Crippen molar-refractivity contribution in [2.45, 2.75) is 187 Å². The number of carboxylic acid groups (broad SMARTS) is 1. The molecule has 3 aliphatic heterocycles. The monoisotopic (exact) mass is 1930 g/mol. The maximum Gasteiger partial charge on any atom is 0.410 e. The summed E-state index contributed by atoms with van der Waals surface area (Å²) in [5.41, 5.74) is -8.41. The van der Waals surface area contributed by atoms with Gasteiger partial charge in [-0.25, -0.2) is 37.1 Å². The molecule has 3 aliphatic carbocycles. The van der Waals surface area contributed by atoms with Gasteiger partial charge < -0.3 is 129 Å². The predicted octanol–water partition coefficient (Wildman–Crippen LogP) is 10.5. The molecule has 3 saturated carbocycles. The number of pyridine rings is 3. The summed E-state index contributed by atoms with van der Waals surface area (Å²) in [7, 11) is -13.8. The van der Waals surface area contributed by atoms with Crippen LogP contribution >= 0.6 is 30.4 Å². The summed E-state index contributed by atoms with van der Waals surface area (Å²) >= 11 is 0. The second-order valence-corrected chi connectivity index (χ2v) is 42.6. The maximum atomic E-state index is 16.2. The summed E-state index contributed by atoms with van der Waals surface area (Å²) in [5, 5.41) is 12.4. The molecule has 3 aromatic heterocycles. The number of esters is 2. The number of nitrogens with zero attached hydrogens (tertiary/aromatic N) is 10. The van der Waals surface area contributed by atoms with Crippen molar-refractivity contribution in [1.82, 2.24) is 38.6 Å². The highest BCUT2D eigenvalue weighted by atomic mass is 31.2. The molecule has 3 saturated heterocycles. The van der Waals surface area contributed by atoms with Gasteiger partial charge in [0.25, 0.3) is 11.8 Å². The summed E-state index contributed by atoms with van der Waals surface area (Å²) < 4.78 is 164. The first kappa shape index (κ1) is 103. The number of hydrogen-bond donors (Lipinski definition) is 6. The number of methoxy groups -OCH3 is 3. The lowest BCUT2D eigenvalue weighted by Gasteiger charge is -2.41. The standard InChI is InChI=1S/C36H55FN4O13P2.C24H30FN3O6.C23H31FN4O11P2/c1-11-50-55(46,51-12-2)35(56(47,52-13-3)53-14-4)38(9)28(42)22-49-33(44)26-21-41(24-15-16-24)29-25(31(26)43)19-27(37)30(32(29)48-10)39-17-18-40(23(5)20-39)34(45)54-36(6,7)8;1-13-11-26(8-9-27(13)23(32)34-24(2,3)4)19-17(25)10-15-18(21(19)33-5)28(14-6-7-14)12-16(20(15)29)22(30)31;1-12-9-27(7-6-25-12)19-16(24)8-14-18(21(19)38-3)28(13-4-5-13)10-15(20(14)30)22(31)39-11-17(29)26(2)23(40(32,33)34)41(35,36)37/h19,21,23-24,35H,11-18,20,22H2,1-10H3;10,12-14H,6-9,11H2,1-5H3,(H,30,31);8,10,12-13,23,25H,4-7,9,11H2,1-3H3,(H2,32,33,34)(H2,35,36,37). The predicted molar refractivity (Wildman–Crippen MR) is 474 cm³/mol. The van der Waals surface area contributed by atoms with E-state index in [1.165, 1.54) is 67.6 Å². The van der Waals surface area contributed by atoms with Crippen LogP contribution in [0.5, 0.6) is 17.2 Å². The van der Waals surface area contributed by atoms with E-state index in [1.807, 2.05) is 25.7 Å². The van der Waals surface area contributed by atoms with E-state index in [0.29, 0.717) is 76.0 Å². The van der Waals surface area contributed by atoms with E-state index in [4.69, 9.17) is 51.3 Å². The fourth-order valence-corrected chi connectivity index (χ4v) is 24.1. The minimum Gasteiger partial charge on any atom is -0.492 e. The van der Waals surface area contributed by atoms with E-state index >= 15 is 13.2 Å². The van der Waals surface area contributed by atoms with Crippen LogP contribution in [0.4, 0.5) is 39.8 Å². The number of rotatable bonds is 30. The highest BCUT2D eigenvalue weighted by Crippen LogP contribution is 2.71. The molecule has 0 bridgehead atoms. The Balaban J connectivity index is 0.000000211. The van der Waals surface area contributed by atoms with Gasteiger partial charge in [0.2, 0.25) is 27.3 Å². The number of anilines is 3. The van der Waals surface area contributed by atoms with Crippen molar-refractivity contribution >= 4 is 122 Å². The SMILES string of the molecule is CCOP(=O)(OCC)C(N(C)C(=O)COC(=O)c1cn(C2CC2)c2c(OC)c(N3CCN(C(=O)OC(C)(C)C)C(C)C3)c(F)cc2c1=O)P(=O)(OCC)OCC.COc1c(N2CCN(C(=O)OC(C)(C)C)C(C)C2)c(F)cc2c(=O)c(C(=O)O)cn(C3CC3)c12.COc1c(N2CCNC(C)C2)c(F)cc2c(=O)c(C(=O)OCC(=O)N(C)C(P(=O)(O)O)P(=O)(O)O)cn(C3CC3)c12. The van der Waals surface area contributed by atoms with E-state index in [2.05, 4.69) is 5.32 Å². The van der Waals surface area contributed by atoms with E-state index in [9.17, 15) is 90.9 Å². The molecule has 12 rings (SSSR count). The average molecular weight is 1930 g/mol. The number of fused-ring (bicyclic) bond motifs is 3. The van der Waals surface area contributed by atoms with Gasteiger partial charge >= 0.3 is 60.5 Å². The Morgan fingerprint density at radius 3 is 1.06 bits per heavy atom. The van der Waals surface area contributed by atoms with Crippen LogP contribution in [0.25, 0.3) is 32.7 Å². The molecule has 6 aromatic rings. The van der Waals surface area contributed by atoms with Crippen molar-refractivity contribution in [2.24, 2.45) is 0 Å². The number of likely N-dealkylation sites (N-methyl/N-ethyl adjacent to an activating group) is 2. The Bertz CT molecular complexity index is 5690. The Morgan fingerprint density at radius 2 is 0.786 bits per heavy atom. The Labute approximate surface area is 752 Å². The van der Waals surface area contributed by atoms with Gasteiger partial charge in [-0.05, 0) is 147 Å². The molecule has 41 nitrogen and oxygen atoms in total. The van der Waals surface area contributed by atoms with Gasteiger partial charge in [0.1, 0.15) is 45.0 Å². The van der Waals surface area contributed by atoms with E-state index < -0.39 is 158 Å². The highest BCUT2D eigenvalue weighted by Gasteiger charge is 2.56. The molecule has 3 atom stereocenters. The van der Waals surface area contributed by atoms with Crippen molar-refractivity contribution in [3.8, 4) is 17.2 Å². The first-order valence-corrected chi connectivity index (χ1v) is 49.2. The molecule has 48 heteroatoms. The van der Waals surface area contributed by atoms with Crippen LogP contribution < -0.4 is 50.5 Å². The number of carboxylic acids is 1. The van der Waals surface area contributed by atoms with Gasteiger partial charge in [0.05, 0.1) is 80.5 Å². The number of piperazine rings is 3. The van der Waals surface area contributed by atoms with E-state index in [-0.39, 0.29) is 143 Å². The number of carbonyl (C=O) groups excluding carboxylic acids is 6. The van der Waals surface area contributed by atoms with Crippen LogP contribution in [0, 0.1) is 17.5 Å². The second-order valence-electron chi connectivity index (χ2n) is 34.3. The zero-order valence-corrected chi connectivity index (χ0v) is 79.8. The molecule has 724 valence electrons. The van der Waals surface area contributed by atoms with E-state index in [0.717, 1.165) is 50.0 Å². The number of ether oxygens (including phenoxy) is 7. The first-order valence-electron chi connectivity index (χ1n) is 42.6. The topological polar surface area (TPSA) is 491 Å². The van der Waals surface area contributed by atoms with Crippen molar-refractivity contribution < 1.29 is 141 Å². The molecule has 4 amide bonds. The fourth-order valence-electron chi connectivity index (χ4n) is 16.0. The minimum atomic E-state index is -5.50. The molecule has 6 fully saturated rings. The molecule has 0 radical (unpaired) electrons. The molecule has 6 N–H and O–H groups in total. The van der Waals surface area contributed by atoms with Crippen LogP contribution in [-0.4, -0.2) is 274 Å². The first-order chi connectivity index (χ1) is 61.3. The minimum absolute atomic E-state index is 0.0228. The highest BCUT2D eigenvalue weighted by molar-refractivity contribution is 7.72. The molecular weight excluding hydrogens is 1810 g/mol. The number of hydrogen-bond acceptors (Lipinski definition) is 29. The summed E-state index contributed by atoms with van der Waals surface area (Å²) in [4.78, 5) is 177. The smallest absolute Gasteiger partial charge is 0.410 e. The number of aromatic nitrogens is 3. The Kier molecular flexibility index (Phi) is 32.7.